The second-order valence-corrected chi connectivity index (χ2v) is 6.22. The Morgan fingerprint density at radius 3 is 2.59 bits per heavy atom. The summed E-state index contributed by atoms with van der Waals surface area (Å²) < 4.78 is 5.36. The molecule has 0 amide bonds. The molecule has 3 nitrogen and oxygen atoms in total. The number of nitrogens with zero attached hydrogens (tertiary/aromatic N) is 1. The van der Waals surface area contributed by atoms with Crippen molar-refractivity contribution in [2.75, 3.05) is 32.8 Å². The average molecular weight is 299 g/mol. The van der Waals surface area contributed by atoms with Crippen LogP contribution in [-0.4, -0.2) is 48.5 Å². The Bertz CT molecular complexity index is 532. The van der Waals surface area contributed by atoms with E-state index >= 15 is 0 Å². The number of aliphatic hydroxyl groups is 1. The minimum atomic E-state index is -0.676. The summed E-state index contributed by atoms with van der Waals surface area (Å²) >= 11 is 0. The lowest BCUT2D eigenvalue weighted by atomic mass is 9.86. The molecule has 1 heterocycles. The van der Waals surface area contributed by atoms with E-state index in [-0.39, 0.29) is 0 Å². The van der Waals surface area contributed by atoms with E-state index in [0.29, 0.717) is 6.42 Å². The average Bonchev–Trinajstić information content (AvgIpc) is 2.57. The Labute approximate surface area is 132 Å². The first kappa shape index (κ1) is 15.5. The van der Waals surface area contributed by atoms with Crippen LogP contribution in [0.25, 0.3) is 5.57 Å². The standard InChI is InChI=1S/C19H25NO2/c21-19(9-4-12-20-13-15-22-16-14-20)10-7-18(8-11-19)17-5-2-1-3-6-17/h1-3,5-8,10,21H,4,9,11-16H2. The van der Waals surface area contributed by atoms with Crippen molar-refractivity contribution in [2.45, 2.75) is 24.9 Å². The zero-order valence-electron chi connectivity index (χ0n) is 13.1. The predicted octanol–water partition coefficient (Wildman–Crippen LogP) is 2.87. The Morgan fingerprint density at radius 2 is 1.91 bits per heavy atom. The van der Waals surface area contributed by atoms with Gasteiger partial charge in [-0.1, -0.05) is 48.6 Å². The summed E-state index contributed by atoms with van der Waals surface area (Å²) in [4.78, 5) is 2.42. The molecule has 1 aliphatic heterocycles. The van der Waals surface area contributed by atoms with Crippen LogP contribution in [0.15, 0.2) is 48.6 Å². The Balaban J connectivity index is 1.49. The molecule has 0 spiro atoms. The van der Waals surface area contributed by atoms with Gasteiger partial charge in [-0.15, -0.1) is 0 Å². The fourth-order valence-corrected chi connectivity index (χ4v) is 3.13. The molecule has 3 rings (SSSR count). The second-order valence-electron chi connectivity index (χ2n) is 6.22. The lowest BCUT2D eigenvalue weighted by molar-refractivity contribution is 0.0309. The maximum atomic E-state index is 10.7. The van der Waals surface area contributed by atoms with E-state index in [1.165, 1.54) is 11.1 Å². The van der Waals surface area contributed by atoms with E-state index in [4.69, 9.17) is 4.74 Å². The smallest absolute Gasteiger partial charge is 0.0866 e. The van der Waals surface area contributed by atoms with Crippen LogP contribution in [0.1, 0.15) is 24.8 Å². The minimum Gasteiger partial charge on any atom is -0.385 e. The van der Waals surface area contributed by atoms with Crippen molar-refractivity contribution in [1.82, 2.24) is 4.90 Å². The molecule has 0 saturated carbocycles. The molecule has 1 aromatic carbocycles. The van der Waals surface area contributed by atoms with E-state index in [2.05, 4.69) is 29.2 Å². The molecular formula is C19H25NO2. The van der Waals surface area contributed by atoms with Gasteiger partial charge in [-0.2, -0.15) is 0 Å². The third-order valence-corrected chi connectivity index (χ3v) is 4.54. The molecule has 2 aliphatic rings. The zero-order chi connectivity index (χ0) is 15.3. The van der Waals surface area contributed by atoms with Crippen LogP contribution >= 0.6 is 0 Å². The molecule has 22 heavy (non-hydrogen) atoms. The first-order valence-electron chi connectivity index (χ1n) is 8.23. The van der Waals surface area contributed by atoms with Crippen molar-refractivity contribution in [2.24, 2.45) is 0 Å². The number of rotatable bonds is 5. The van der Waals surface area contributed by atoms with Gasteiger partial charge >= 0.3 is 0 Å². The molecule has 0 radical (unpaired) electrons. The van der Waals surface area contributed by atoms with Gasteiger partial charge in [0.1, 0.15) is 0 Å². The van der Waals surface area contributed by atoms with E-state index in [1.807, 2.05) is 24.3 Å². The minimum absolute atomic E-state index is 0.676. The quantitative estimate of drug-likeness (QED) is 0.907. The molecule has 3 heteroatoms. The van der Waals surface area contributed by atoms with Crippen molar-refractivity contribution in [3.8, 4) is 0 Å². The zero-order valence-corrected chi connectivity index (χ0v) is 13.1. The van der Waals surface area contributed by atoms with Crippen molar-refractivity contribution in [3.05, 3.63) is 54.1 Å². The Morgan fingerprint density at radius 1 is 1.14 bits per heavy atom. The molecule has 1 saturated heterocycles. The second kappa shape index (κ2) is 7.23. The van der Waals surface area contributed by atoms with Gasteiger partial charge in [0.05, 0.1) is 18.8 Å². The van der Waals surface area contributed by atoms with Crippen LogP contribution in [0.2, 0.25) is 0 Å². The number of benzene rings is 1. The SMILES string of the molecule is OC1(CCCN2CCOCC2)C=CC(c2ccccc2)=CC1. The molecule has 1 N–H and O–H groups in total. The molecule has 1 aliphatic carbocycles. The Kier molecular flexibility index (Phi) is 5.08. The van der Waals surface area contributed by atoms with E-state index in [1.54, 1.807) is 0 Å². The summed E-state index contributed by atoms with van der Waals surface area (Å²) in [6.07, 6.45) is 8.75. The largest absolute Gasteiger partial charge is 0.385 e. The van der Waals surface area contributed by atoms with Crippen LogP contribution in [0.3, 0.4) is 0 Å². The summed E-state index contributed by atoms with van der Waals surface area (Å²) in [7, 11) is 0. The third kappa shape index (κ3) is 4.07. The molecule has 0 bridgehead atoms. The maximum Gasteiger partial charge on any atom is 0.0866 e. The highest BCUT2D eigenvalue weighted by atomic mass is 16.5. The van der Waals surface area contributed by atoms with Crippen molar-refractivity contribution >= 4 is 5.57 Å². The van der Waals surface area contributed by atoms with Gasteiger partial charge in [0.25, 0.3) is 0 Å². The van der Waals surface area contributed by atoms with Crippen LogP contribution in [0, 0.1) is 0 Å². The topological polar surface area (TPSA) is 32.7 Å². The fraction of sp³-hybridized carbons (Fsp3) is 0.474. The molecule has 118 valence electrons. The van der Waals surface area contributed by atoms with Gasteiger partial charge < -0.3 is 9.84 Å². The first-order valence-corrected chi connectivity index (χ1v) is 8.23. The summed E-state index contributed by atoms with van der Waals surface area (Å²) in [6.45, 7) is 4.77. The molecule has 1 aromatic rings. The van der Waals surface area contributed by atoms with E-state index in [0.717, 1.165) is 45.7 Å². The molecular weight excluding hydrogens is 274 g/mol. The van der Waals surface area contributed by atoms with Gasteiger partial charge in [0, 0.05) is 13.1 Å². The highest BCUT2D eigenvalue weighted by Crippen LogP contribution is 2.29. The molecule has 1 unspecified atom stereocenters. The summed E-state index contributed by atoms with van der Waals surface area (Å²) in [5.74, 6) is 0. The lowest BCUT2D eigenvalue weighted by Gasteiger charge is -2.30. The normalized spacial score (nSPS) is 26.0. The molecule has 1 atom stereocenters. The van der Waals surface area contributed by atoms with Crippen LogP contribution in [0.5, 0.6) is 0 Å². The Hall–Kier alpha value is -1.42. The van der Waals surface area contributed by atoms with Crippen molar-refractivity contribution in [3.63, 3.8) is 0 Å². The highest BCUT2D eigenvalue weighted by Gasteiger charge is 2.25. The number of hydrogen-bond acceptors (Lipinski definition) is 3. The van der Waals surface area contributed by atoms with Gasteiger partial charge in [0.15, 0.2) is 0 Å². The fourth-order valence-electron chi connectivity index (χ4n) is 3.13. The van der Waals surface area contributed by atoms with E-state index < -0.39 is 5.60 Å². The maximum absolute atomic E-state index is 10.7. The molecule has 1 fully saturated rings. The number of ether oxygens (including phenoxy) is 1. The number of hydrogen-bond donors (Lipinski definition) is 1. The summed E-state index contributed by atoms with van der Waals surface area (Å²) in [6, 6.07) is 10.3. The molecule has 0 aromatic heterocycles. The van der Waals surface area contributed by atoms with Crippen LogP contribution in [0.4, 0.5) is 0 Å². The lowest BCUT2D eigenvalue weighted by Crippen LogP contribution is -2.37. The number of morpholine rings is 1. The first-order chi connectivity index (χ1) is 10.8. The van der Waals surface area contributed by atoms with Gasteiger partial charge in [-0.25, -0.2) is 0 Å². The van der Waals surface area contributed by atoms with E-state index in [9.17, 15) is 5.11 Å². The third-order valence-electron chi connectivity index (χ3n) is 4.54. The predicted molar refractivity (Wildman–Crippen MR) is 89.6 cm³/mol. The number of allylic oxidation sites excluding steroid dienone is 2. The monoisotopic (exact) mass is 299 g/mol. The summed E-state index contributed by atoms with van der Waals surface area (Å²) in [5, 5.41) is 10.7. The van der Waals surface area contributed by atoms with Crippen molar-refractivity contribution < 1.29 is 9.84 Å². The highest BCUT2D eigenvalue weighted by molar-refractivity contribution is 5.75. The summed E-state index contributed by atoms with van der Waals surface area (Å²) in [5.41, 5.74) is 1.75. The van der Waals surface area contributed by atoms with Gasteiger partial charge in [-0.05, 0) is 36.9 Å². The van der Waals surface area contributed by atoms with Gasteiger partial charge in [0.2, 0.25) is 0 Å². The van der Waals surface area contributed by atoms with Crippen LogP contribution in [-0.2, 0) is 4.74 Å². The van der Waals surface area contributed by atoms with Gasteiger partial charge in [-0.3, -0.25) is 4.90 Å². The van der Waals surface area contributed by atoms with Crippen LogP contribution < -0.4 is 0 Å². The van der Waals surface area contributed by atoms with Crippen molar-refractivity contribution in [1.29, 1.82) is 0 Å².